The molecule has 4 aromatic rings. The van der Waals surface area contributed by atoms with Crippen LogP contribution in [0.25, 0.3) is 10.9 Å². The van der Waals surface area contributed by atoms with Gasteiger partial charge in [0.15, 0.2) is 0 Å². The van der Waals surface area contributed by atoms with Crippen LogP contribution in [0.4, 0.5) is 11.4 Å². The van der Waals surface area contributed by atoms with Gasteiger partial charge in [-0.1, -0.05) is 54.6 Å². The summed E-state index contributed by atoms with van der Waals surface area (Å²) in [4.78, 5) is 17.3. The maximum absolute atomic E-state index is 12.5. The number of anilines is 2. The zero-order valence-electron chi connectivity index (χ0n) is 16.8. The number of methoxy groups -OCH3 is 1. The molecule has 0 bridgehead atoms. The average Bonchev–Trinajstić information content (AvgIpc) is 2.79. The quantitative estimate of drug-likeness (QED) is 0.329. The first-order valence-electron chi connectivity index (χ1n) is 9.67. The lowest BCUT2D eigenvalue weighted by Crippen LogP contribution is -2.14. The lowest BCUT2D eigenvalue weighted by atomic mass is 10.1. The second-order valence-electron chi connectivity index (χ2n) is 6.87. The van der Waals surface area contributed by atoms with Gasteiger partial charge >= 0.3 is 5.97 Å². The molecule has 4 rings (SSSR count). The van der Waals surface area contributed by atoms with Crippen molar-refractivity contribution in [3.05, 3.63) is 102 Å². The van der Waals surface area contributed by atoms with E-state index >= 15 is 0 Å². The van der Waals surface area contributed by atoms with Crippen LogP contribution in [0.1, 0.15) is 27.9 Å². The summed E-state index contributed by atoms with van der Waals surface area (Å²) in [6, 6.07) is 26.6. The van der Waals surface area contributed by atoms with Crippen LogP contribution in [0, 0.1) is 6.92 Å². The molecule has 0 aliphatic heterocycles. The summed E-state index contributed by atoms with van der Waals surface area (Å²) in [5.74, 6) is -0.446. The van der Waals surface area contributed by atoms with Crippen molar-refractivity contribution in [1.82, 2.24) is 4.98 Å². The van der Waals surface area contributed by atoms with Crippen LogP contribution < -0.4 is 5.32 Å². The second-order valence-corrected chi connectivity index (χ2v) is 6.87. The Bertz CT molecular complexity index is 1160. The van der Waals surface area contributed by atoms with Crippen LogP contribution in [0.5, 0.6) is 0 Å². The Hall–Kier alpha value is -3.70. The number of hydrogen-bond donors (Lipinski definition) is 1. The van der Waals surface area contributed by atoms with Crippen LogP contribution in [-0.2, 0) is 9.47 Å². The first-order valence-corrected chi connectivity index (χ1v) is 9.67. The van der Waals surface area contributed by atoms with E-state index in [0.29, 0.717) is 11.1 Å². The van der Waals surface area contributed by atoms with Crippen molar-refractivity contribution in [3.8, 4) is 0 Å². The van der Waals surface area contributed by atoms with Crippen molar-refractivity contribution in [2.75, 3.05) is 12.4 Å². The minimum absolute atomic E-state index is 0.446. The van der Waals surface area contributed by atoms with Crippen molar-refractivity contribution < 1.29 is 14.3 Å². The Kier molecular flexibility index (Phi) is 5.72. The van der Waals surface area contributed by atoms with Crippen LogP contribution >= 0.6 is 0 Å². The van der Waals surface area contributed by atoms with Crippen molar-refractivity contribution >= 4 is 28.2 Å². The number of carbonyl (C=O) groups is 1. The van der Waals surface area contributed by atoms with Gasteiger partial charge in [-0.2, -0.15) is 0 Å². The lowest BCUT2D eigenvalue weighted by Gasteiger charge is -2.19. The monoisotopic (exact) mass is 398 g/mol. The summed E-state index contributed by atoms with van der Waals surface area (Å²) in [7, 11) is 1.51. The van der Waals surface area contributed by atoms with Crippen molar-refractivity contribution in [1.29, 1.82) is 0 Å². The number of ether oxygens (including phenoxy) is 2. The van der Waals surface area contributed by atoms with Gasteiger partial charge in [0, 0.05) is 23.7 Å². The molecule has 0 fully saturated rings. The molecule has 1 N–H and O–H groups in total. The van der Waals surface area contributed by atoms with E-state index in [1.165, 1.54) is 7.11 Å². The highest BCUT2D eigenvalue weighted by molar-refractivity contribution is 5.90. The summed E-state index contributed by atoms with van der Waals surface area (Å²) in [6.45, 7) is 1.94. The molecule has 0 aliphatic rings. The molecule has 1 atom stereocenters. The predicted octanol–water partition coefficient (Wildman–Crippen LogP) is 5.79. The molecule has 150 valence electrons. The third kappa shape index (κ3) is 4.16. The van der Waals surface area contributed by atoms with Crippen LogP contribution in [-0.4, -0.2) is 18.1 Å². The molecule has 5 nitrogen and oxygen atoms in total. The highest BCUT2D eigenvalue weighted by atomic mass is 16.7. The first kappa shape index (κ1) is 19.6. The first-order chi connectivity index (χ1) is 14.7. The van der Waals surface area contributed by atoms with Crippen molar-refractivity contribution in [2.24, 2.45) is 0 Å². The molecular weight excluding hydrogens is 376 g/mol. The molecule has 0 radical (unpaired) electrons. The number of aromatic nitrogens is 1. The van der Waals surface area contributed by atoms with E-state index in [9.17, 15) is 4.79 Å². The molecule has 1 aromatic heterocycles. The molecule has 30 heavy (non-hydrogen) atoms. The van der Waals surface area contributed by atoms with Gasteiger partial charge in [-0.25, -0.2) is 4.79 Å². The van der Waals surface area contributed by atoms with E-state index in [4.69, 9.17) is 14.5 Å². The standard InChI is InChI=1S/C25H22N2O3/c1-17-22(27-20-13-7-4-8-14-20)16-19-12-9-15-21(23(19)26-17)25(29-2)30-24(28)18-10-5-3-6-11-18/h3-16,25,27H,1-2H3. The number of pyridine rings is 1. The summed E-state index contributed by atoms with van der Waals surface area (Å²) in [6.07, 6.45) is -0.860. The predicted molar refractivity (Wildman–Crippen MR) is 118 cm³/mol. The Morgan fingerprint density at radius 1 is 0.933 bits per heavy atom. The van der Waals surface area contributed by atoms with Gasteiger partial charge in [0.05, 0.1) is 22.5 Å². The zero-order chi connectivity index (χ0) is 20.9. The molecule has 0 amide bonds. The number of carbonyl (C=O) groups excluding carboxylic acids is 1. The van der Waals surface area contributed by atoms with Crippen molar-refractivity contribution in [2.45, 2.75) is 13.2 Å². The summed E-state index contributed by atoms with van der Waals surface area (Å²) >= 11 is 0. The molecule has 5 heteroatoms. The van der Waals surface area contributed by atoms with E-state index in [1.807, 2.05) is 67.6 Å². The van der Waals surface area contributed by atoms with E-state index in [-0.39, 0.29) is 0 Å². The van der Waals surface area contributed by atoms with Gasteiger partial charge in [-0.05, 0) is 37.3 Å². The SMILES string of the molecule is COC(OC(=O)c1ccccc1)c1cccc2cc(Nc3ccccc3)c(C)nc12. The topological polar surface area (TPSA) is 60.5 Å². The fraction of sp³-hybridized carbons (Fsp3) is 0.120. The molecule has 0 saturated carbocycles. The third-order valence-corrected chi connectivity index (χ3v) is 4.81. The second kappa shape index (κ2) is 8.76. The maximum atomic E-state index is 12.5. The molecule has 0 aliphatic carbocycles. The average molecular weight is 398 g/mol. The molecule has 0 spiro atoms. The summed E-state index contributed by atoms with van der Waals surface area (Å²) < 4.78 is 11.1. The van der Waals surface area contributed by atoms with Gasteiger partial charge in [0.2, 0.25) is 6.29 Å². The largest absolute Gasteiger partial charge is 0.428 e. The number of aryl methyl sites for hydroxylation is 1. The molecular formula is C25H22N2O3. The van der Waals surface area contributed by atoms with Crippen molar-refractivity contribution in [3.63, 3.8) is 0 Å². The van der Waals surface area contributed by atoms with Gasteiger partial charge in [-0.15, -0.1) is 0 Å². The molecule has 1 unspecified atom stereocenters. The summed E-state index contributed by atoms with van der Waals surface area (Å²) in [5.41, 5.74) is 4.65. The van der Waals surface area contributed by atoms with Gasteiger partial charge in [-0.3, -0.25) is 4.98 Å². The van der Waals surface area contributed by atoms with Crippen LogP contribution in [0.15, 0.2) is 84.9 Å². The molecule has 1 heterocycles. The van der Waals surface area contributed by atoms with Gasteiger partial charge in [0.1, 0.15) is 0 Å². The fourth-order valence-electron chi connectivity index (χ4n) is 3.29. The maximum Gasteiger partial charge on any atom is 0.340 e. The Morgan fingerprint density at radius 3 is 2.33 bits per heavy atom. The Morgan fingerprint density at radius 2 is 1.63 bits per heavy atom. The lowest BCUT2D eigenvalue weighted by molar-refractivity contribution is -0.0919. The highest BCUT2D eigenvalue weighted by Gasteiger charge is 2.21. The van der Waals surface area contributed by atoms with Gasteiger partial charge in [0.25, 0.3) is 0 Å². The molecule has 0 saturated heterocycles. The minimum Gasteiger partial charge on any atom is -0.428 e. The number of para-hydroxylation sites is 2. The van der Waals surface area contributed by atoms with Crippen LogP contribution in [0.2, 0.25) is 0 Å². The minimum atomic E-state index is -0.860. The Labute approximate surface area is 175 Å². The zero-order valence-corrected chi connectivity index (χ0v) is 16.8. The number of rotatable bonds is 6. The number of hydrogen-bond acceptors (Lipinski definition) is 5. The van der Waals surface area contributed by atoms with E-state index < -0.39 is 12.3 Å². The number of fused-ring (bicyclic) bond motifs is 1. The number of esters is 1. The normalized spacial score (nSPS) is 11.8. The number of benzene rings is 3. The Balaban J connectivity index is 1.66. The smallest absolute Gasteiger partial charge is 0.340 e. The summed E-state index contributed by atoms with van der Waals surface area (Å²) in [5, 5.41) is 4.33. The third-order valence-electron chi connectivity index (χ3n) is 4.81. The van der Waals surface area contributed by atoms with E-state index in [2.05, 4.69) is 5.32 Å². The highest BCUT2D eigenvalue weighted by Crippen LogP contribution is 2.30. The number of nitrogens with zero attached hydrogens (tertiary/aromatic N) is 1. The molecule has 3 aromatic carbocycles. The number of nitrogens with one attached hydrogen (secondary N) is 1. The fourth-order valence-corrected chi connectivity index (χ4v) is 3.29. The van der Waals surface area contributed by atoms with Gasteiger partial charge < -0.3 is 14.8 Å². The van der Waals surface area contributed by atoms with E-state index in [1.54, 1.807) is 24.3 Å². The van der Waals surface area contributed by atoms with Crippen LogP contribution in [0.3, 0.4) is 0 Å². The van der Waals surface area contributed by atoms with E-state index in [0.717, 1.165) is 28.0 Å².